The number of nitrogens with zero attached hydrogens (tertiary/aromatic N) is 1. The molecular formula is C21H16N2O2S. The summed E-state index contributed by atoms with van der Waals surface area (Å²) in [6.07, 6.45) is 0. The first kappa shape index (κ1) is 16.3. The van der Waals surface area contributed by atoms with E-state index in [4.69, 9.17) is 4.74 Å². The van der Waals surface area contributed by atoms with Crippen molar-refractivity contribution in [3.8, 4) is 16.3 Å². The summed E-state index contributed by atoms with van der Waals surface area (Å²) in [4.78, 5) is 17.1. The van der Waals surface area contributed by atoms with E-state index in [2.05, 4.69) is 10.3 Å². The van der Waals surface area contributed by atoms with Crippen LogP contribution in [0.4, 0.5) is 5.69 Å². The van der Waals surface area contributed by atoms with Crippen molar-refractivity contribution >= 4 is 33.1 Å². The van der Waals surface area contributed by atoms with Crippen molar-refractivity contribution in [2.75, 3.05) is 12.4 Å². The van der Waals surface area contributed by atoms with Crippen molar-refractivity contribution in [1.29, 1.82) is 0 Å². The SMILES string of the molecule is COc1ccc(-c2nc3ccc(C(=O)Nc4ccccc4)cc3s2)cc1. The lowest BCUT2D eigenvalue weighted by Crippen LogP contribution is -2.11. The number of nitrogens with one attached hydrogen (secondary N) is 1. The van der Waals surface area contributed by atoms with Crippen LogP contribution in [0.25, 0.3) is 20.8 Å². The Bertz CT molecular complexity index is 1060. The number of para-hydroxylation sites is 1. The minimum atomic E-state index is -0.127. The van der Waals surface area contributed by atoms with Crippen molar-refractivity contribution in [1.82, 2.24) is 4.98 Å². The normalized spacial score (nSPS) is 10.7. The molecule has 4 rings (SSSR count). The Hall–Kier alpha value is -3.18. The zero-order valence-corrected chi connectivity index (χ0v) is 14.9. The lowest BCUT2D eigenvalue weighted by Gasteiger charge is -2.04. The molecule has 0 saturated carbocycles. The van der Waals surface area contributed by atoms with Crippen LogP contribution in [0, 0.1) is 0 Å². The van der Waals surface area contributed by atoms with Crippen molar-refractivity contribution in [3.63, 3.8) is 0 Å². The number of carbonyl (C=O) groups excluding carboxylic acids is 1. The highest BCUT2D eigenvalue weighted by Crippen LogP contribution is 2.31. The molecule has 0 fully saturated rings. The molecule has 0 aliphatic heterocycles. The molecular weight excluding hydrogens is 344 g/mol. The van der Waals surface area contributed by atoms with Gasteiger partial charge in [-0.05, 0) is 54.6 Å². The third-order valence-electron chi connectivity index (χ3n) is 4.02. The van der Waals surface area contributed by atoms with E-state index in [0.29, 0.717) is 5.56 Å². The standard InChI is InChI=1S/C21H16N2O2S/c1-25-17-10-7-14(8-11-17)21-23-18-12-9-15(13-19(18)26-21)20(24)22-16-5-3-2-4-6-16/h2-13H,1H3,(H,22,24). The summed E-state index contributed by atoms with van der Waals surface area (Å²) in [5, 5.41) is 3.83. The molecule has 0 spiro atoms. The van der Waals surface area contributed by atoms with Crippen molar-refractivity contribution in [3.05, 3.63) is 78.4 Å². The molecule has 4 nitrogen and oxygen atoms in total. The van der Waals surface area contributed by atoms with E-state index in [1.807, 2.05) is 66.7 Å². The van der Waals surface area contributed by atoms with E-state index in [1.165, 1.54) is 0 Å². The Morgan fingerprint density at radius 3 is 2.50 bits per heavy atom. The number of aromatic nitrogens is 1. The van der Waals surface area contributed by atoms with Gasteiger partial charge in [0, 0.05) is 16.8 Å². The highest BCUT2D eigenvalue weighted by molar-refractivity contribution is 7.21. The van der Waals surface area contributed by atoms with E-state index in [1.54, 1.807) is 24.5 Å². The average Bonchev–Trinajstić information content (AvgIpc) is 3.12. The number of hydrogen-bond donors (Lipinski definition) is 1. The molecule has 1 N–H and O–H groups in total. The number of anilines is 1. The zero-order valence-electron chi connectivity index (χ0n) is 14.1. The van der Waals surface area contributed by atoms with Gasteiger partial charge in [-0.3, -0.25) is 4.79 Å². The summed E-state index contributed by atoms with van der Waals surface area (Å²) in [6, 6.07) is 22.8. The van der Waals surface area contributed by atoms with E-state index >= 15 is 0 Å². The highest BCUT2D eigenvalue weighted by atomic mass is 32.1. The molecule has 1 aromatic heterocycles. The van der Waals surface area contributed by atoms with Crippen LogP contribution in [-0.2, 0) is 0 Å². The summed E-state index contributed by atoms with van der Waals surface area (Å²) < 4.78 is 6.18. The first-order chi connectivity index (χ1) is 12.7. The molecule has 0 aliphatic rings. The zero-order chi connectivity index (χ0) is 17.9. The van der Waals surface area contributed by atoms with Gasteiger partial charge in [-0.15, -0.1) is 11.3 Å². The summed E-state index contributed by atoms with van der Waals surface area (Å²) >= 11 is 1.57. The van der Waals surface area contributed by atoms with Gasteiger partial charge in [-0.25, -0.2) is 4.98 Å². The quantitative estimate of drug-likeness (QED) is 0.542. The molecule has 3 aromatic carbocycles. The number of thiazole rings is 1. The maximum Gasteiger partial charge on any atom is 0.255 e. The molecule has 1 heterocycles. The first-order valence-corrected chi connectivity index (χ1v) is 8.96. The number of fused-ring (bicyclic) bond motifs is 1. The number of methoxy groups -OCH3 is 1. The van der Waals surface area contributed by atoms with E-state index in [-0.39, 0.29) is 5.91 Å². The lowest BCUT2D eigenvalue weighted by atomic mass is 10.2. The minimum Gasteiger partial charge on any atom is -0.497 e. The molecule has 128 valence electrons. The van der Waals surface area contributed by atoms with Crippen molar-refractivity contribution < 1.29 is 9.53 Å². The van der Waals surface area contributed by atoms with Gasteiger partial charge in [0.05, 0.1) is 17.3 Å². The number of rotatable bonds is 4. The predicted octanol–water partition coefficient (Wildman–Crippen LogP) is 5.22. The topological polar surface area (TPSA) is 51.2 Å². The summed E-state index contributed by atoms with van der Waals surface area (Å²) in [5.74, 6) is 0.687. The molecule has 4 aromatic rings. The third kappa shape index (κ3) is 3.30. The van der Waals surface area contributed by atoms with Crippen LogP contribution in [0.15, 0.2) is 72.8 Å². The maximum absolute atomic E-state index is 12.5. The number of hydrogen-bond acceptors (Lipinski definition) is 4. The lowest BCUT2D eigenvalue weighted by molar-refractivity contribution is 0.102. The van der Waals surface area contributed by atoms with Crippen LogP contribution in [0.2, 0.25) is 0 Å². The molecule has 5 heteroatoms. The fourth-order valence-corrected chi connectivity index (χ4v) is 3.66. The van der Waals surface area contributed by atoms with Crippen LogP contribution >= 0.6 is 11.3 Å². The number of benzene rings is 3. The second-order valence-electron chi connectivity index (χ2n) is 5.75. The van der Waals surface area contributed by atoms with Crippen LogP contribution in [0.3, 0.4) is 0 Å². The largest absolute Gasteiger partial charge is 0.497 e. The summed E-state index contributed by atoms with van der Waals surface area (Å²) in [5.41, 5.74) is 3.31. The van der Waals surface area contributed by atoms with Gasteiger partial charge >= 0.3 is 0 Å². The van der Waals surface area contributed by atoms with Gasteiger partial charge in [0.15, 0.2) is 0 Å². The number of ether oxygens (including phenoxy) is 1. The third-order valence-corrected chi connectivity index (χ3v) is 5.09. The monoisotopic (exact) mass is 360 g/mol. The molecule has 1 amide bonds. The summed E-state index contributed by atoms with van der Waals surface area (Å²) in [7, 11) is 1.65. The van der Waals surface area contributed by atoms with Crippen LogP contribution < -0.4 is 10.1 Å². The van der Waals surface area contributed by atoms with Crippen LogP contribution in [-0.4, -0.2) is 18.0 Å². The molecule has 0 atom stereocenters. The van der Waals surface area contributed by atoms with Crippen LogP contribution in [0.1, 0.15) is 10.4 Å². The Kier molecular flexibility index (Phi) is 4.37. The van der Waals surface area contributed by atoms with Crippen molar-refractivity contribution in [2.24, 2.45) is 0 Å². The fraction of sp³-hybridized carbons (Fsp3) is 0.0476. The first-order valence-electron chi connectivity index (χ1n) is 8.14. The Labute approximate surface area is 155 Å². The maximum atomic E-state index is 12.5. The summed E-state index contributed by atoms with van der Waals surface area (Å²) in [6.45, 7) is 0. The fourth-order valence-electron chi connectivity index (χ4n) is 2.65. The van der Waals surface area contributed by atoms with E-state index in [9.17, 15) is 4.79 Å². The van der Waals surface area contributed by atoms with Gasteiger partial charge in [0.25, 0.3) is 5.91 Å². The van der Waals surface area contributed by atoms with Crippen molar-refractivity contribution in [2.45, 2.75) is 0 Å². The average molecular weight is 360 g/mol. The number of amides is 1. The molecule has 0 radical (unpaired) electrons. The molecule has 0 bridgehead atoms. The molecule has 0 saturated heterocycles. The van der Waals surface area contributed by atoms with Gasteiger partial charge < -0.3 is 10.1 Å². The predicted molar refractivity (Wildman–Crippen MR) is 106 cm³/mol. The molecule has 0 aliphatic carbocycles. The second-order valence-corrected chi connectivity index (χ2v) is 6.78. The van der Waals surface area contributed by atoms with Gasteiger partial charge in [0.1, 0.15) is 10.8 Å². The van der Waals surface area contributed by atoms with Gasteiger partial charge in [-0.1, -0.05) is 18.2 Å². The van der Waals surface area contributed by atoms with E-state index in [0.717, 1.165) is 32.2 Å². The van der Waals surface area contributed by atoms with Gasteiger partial charge in [0.2, 0.25) is 0 Å². The molecule has 0 unspecified atom stereocenters. The van der Waals surface area contributed by atoms with E-state index < -0.39 is 0 Å². The smallest absolute Gasteiger partial charge is 0.255 e. The Morgan fingerprint density at radius 1 is 1.00 bits per heavy atom. The van der Waals surface area contributed by atoms with Gasteiger partial charge in [-0.2, -0.15) is 0 Å². The van der Waals surface area contributed by atoms with Crippen LogP contribution in [0.5, 0.6) is 5.75 Å². The Morgan fingerprint density at radius 2 is 1.77 bits per heavy atom. The Balaban J connectivity index is 1.62. The molecule has 26 heavy (non-hydrogen) atoms. The number of carbonyl (C=O) groups is 1. The second kappa shape index (κ2) is 6.98. The minimum absolute atomic E-state index is 0.127. The highest BCUT2D eigenvalue weighted by Gasteiger charge is 2.11.